The lowest BCUT2D eigenvalue weighted by Gasteiger charge is -2.56. The molecule has 4 bridgehead atoms. The second-order valence-corrected chi connectivity index (χ2v) is 6.19. The first-order valence-electron chi connectivity index (χ1n) is 6.39. The average molecular weight is 202 g/mol. The number of hydrogen-bond donors (Lipinski definition) is 0. The van der Waals surface area contributed by atoms with Gasteiger partial charge < -0.3 is 0 Å². The molecule has 5 aliphatic rings. The van der Waals surface area contributed by atoms with Crippen molar-refractivity contribution in [1.82, 2.24) is 0 Å². The SMILES string of the molecule is C1=NCN=C1C12CC3CC(CC(C3)C1)C2. The third-order valence-corrected chi connectivity index (χ3v) is 5.12. The van der Waals surface area contributed by atoms with Gasteiger partial charge in [0.2, 0.25) is 0 Å². The van der Waals surface area contributed by atoms with E-state index in [4.69, 9.17) is 0 Å². The second-order valence-electron chi connectivity index (χ2n) is 6.19. The standard InChI is InChI=1S/C13H18N2/c1-9-2-11-3-10(1)5-13(4-9,6-11)12-7-14-8-15-12/h7,9-11H,1-6,8H2. The van der Waals surface area contributed by atoms with Crippen molar-refractivity contribution < 1.29 is 0 Å². The van der Waals surface area contributed by atoms with E-state index >= 15 is 0 Å². The fraction of sp³-hybridized carbons (Fsp3) is 0.846. The summed E-state index contributed by atoms with van der Waals surface area (Å²) in [4.78, 5) is 8.91. The van der Waals surface area contributed by atoms with Gasteiger partial charge in [-0.05, 0) is 56.3 Å². The van der Waals surface area contributed by atoms with Crippen molar-refractivity contribution in [3.63, 3.8) is 0 Å². The lowest BCUT2D eigenvalue weighted by molar-refractivity contribution is -0.0111. The highest BCUT2D eigenvalue weighted by atomic mass is 15.0. The summed E-state index contributed by atoms with van der Waals surface area (Å²) < 4.78 is 0. The largest absolute Gasteiger partial charge is 0.268 e. The van der Waals surface area contributed by atoms with Gasteiger partial charge in [0.15, 0.2) is 0 Å². The molecule has 1 heterocycles. The summed E-state index contributed by atoms with van der Waals surface area (Å²) in [6.07, 6.45) is 10.9. The Bertz CT molecular complexity index is 318. The fourth-order valence-electron chi connectivity index (χ4n) is 5.01. The van der Waals surface area contributed by atoms with E-state index in [1.54, 1.807) is 0 Å². The van der Waals surface area contributed by atoms with Gasteiger partial charge in [-0.15, -0.1) is 0 Å². The molecule has 15 heavy (non-hydrogen) atoms. The van der Waals surface area contributed by atoms with Crippen LogP contribution in [0.25, 0.3) is 0 Å². The molecular weight excluding hydrogens is 184 g/mol. The molecule has 5 rings (SSSR count). The molecule has 1 aliphatic heterocycles. The molecule has 4 saturated carbocycles. The Hall–Kier alpha value is -0.660. The van der Waals surface area contributed by atoms with Crippen molar-refractivity contribution in [3.05, 3.63) is 0 Å². The van der Waals surface area contributed by atoms with Gasteiger partial charge in [-0.2, -0.15) is 0 Å². The first kappa shape index (κ1) is 8.49. The summed E-state index contributed by atoms with van der Waals surface area (Å²) >= 11 is 0. The van der Waals surface area contributed by atoms with Crippen LogP contribution in [-0.4, -0.2) is 18.6 Å². The van der Waals surface area contributed by atoms with Crippen LogP contribution in [0.3, 0.4) is 0 Å². The van der Waals surface area contributed by atoms with Crippen LogP contribution < -0.4 is 0 Å². The van der Waals surface area contributed by atoms with E-state index in [9.17, 15) is 0 Å². The van der Waals surface area contributed by atoms with E-state index in [2.05, 4.69) is 16.2 Å². The molecule has 0 N–H and O–H groups in total. The first-order chi connectivity index (χ1) is 7.34. The van der Waals surface area contributed by atoms with Crippen LogP contribution in [0.1, 0.15) is 38.5 Å². The minimum Gasteiger partial charge on any atom is -0.268 e. The molecule has 0 aromatic rings. The fourth-order valence-corrected chi connectivity index (χ4v) is 5.01. The number of nitrogens with zero attached hydrogens (tertiary/aromatic N) is 2. The zero-order valence-corrected chi connectivity index (χ0v) is 9.15. The van der Waals surface area contributed by atoms with Crippen LogP contribution in [-0.2, 0) is 0 Å². The third-order valence-electron chi connectivity index (χ3n) is 5.12. The van der Waals surface area contributed by atoms with Crippen molar-refractivity contribution in [1.29, 1.82) is 0 Å². The van der Waals surface area contributed by atoms with Gasteiger partial charge in [-0.3, -0.25) is 9.98 Å². The van der Waals surface area contributed by atoms with Gasteiger partial charge in [-0.25, -0.2) is 0 Å². The summed E-state index contributed by atoms with van der Waals surface area (Å²) in [5.41, 5.74) is 1.84. The van der Waals surface area contributed by atoms with Crippen molar-refractivity contribution >= 4 is 11.9 Å². The minimum absolute atomic E-state index is 0.481. The Kier molecular flexibility index (Phi) is 1.54. The van der Waals surface area contributed by atoms with Crippen molar-refractivity contribution in [2.45, 2.75) is 38.5 Å². The Labute approximate surface area is 90.9 Å². The molecule has 2 heteroatoms. The highest BCUT2D eigenvalue weighted by molar-refractivity contribution is 6.34. The molecule has 0 saturated heterocycles. The van der Waals surface area contributed by atoms with Gasteiger partial charge in [0.1, 0.15) is 6.67 Å². The molecular formula is C13H18N2. The normalized spacial score (nSPS) is 51.2. The van der Waals surface area contributed by atoms with Crippen molar-refractivity contribution in [2.75, 3.05) is 6.67 Å². The molecule has 0 spiro atoms. The van der Waals surface area contributed by atoms with Crippen molar-refractivity contribution in [2.24, 2.45) is 33.2 Å². The highest BCUT2D eigenvalue weighted by Gasteiger charge is 2.53. The Morgan fingerprint density at radius 2 is 1.60 bits per heavy atom. The molecule has 0 atom stereocenters. The van der Waals surface area contributed by atoms with E-state index in [0.717, 1.165) is 17.8 Å². The monoisotopic (exact) mass is 202 g/mol. The van der Waals surface area contributed by atoms with Gasteiger partial charge >= 0.3 is 0 Å². The molecule has 4 aliphatic carbocycles. The second kappa shape index (κ2) is 2.72. The molecule has 0 unspecified atom stereocenters. The molecule has 2 nitrogen and oxygen atoms in total. The lowest BCUT2D eigenvalue weighted by Crippen LogP contribution is -2.50. The maximum Gasteiger partial charge on any atom is 0.129 e. The van der Waals surface area contributed by atoms with Gasteiger partial charge in [-0.1, -0.05) is 0 Å². The van der Waals surface area contributed by atoms with E-state index < -0.39 is 0 Å². The summed E-state index contributed by atoms with van der Waals surface area (Å²) in [6, 6.07) is 0. The van der Waals surface area contributed by atoms with Gasteiger partial charge in [0.25, 0.3) is 0 Å². The van der Waals surface area contributed by atoms with Gasteiger partial charge in [0.05, 0.1) is 5.71 Å². The van der Waals surface area contributed by atoms with Crippen LogP contribution in [0, 0.1) is 23.2 Å². The highest BCUT2D eigenvalue weighted by Crippen LogP contribution is 2.60. The third kappa shape index (κ3) is 1.11. The Morgan fingerprint density at radius 1 is 1.00 bits per heavy atom. The lowest BCUT2D eigenvalue weighted by atomic mass is 9.48. The quantitative estimate of drug-likeness (QED) is 0.624. The zero-order chi connectivity index (χ0) is 9.88. The zero-order valence-electron chi connectivity index (χ0n) is 9.15. The summed E-state index contributed by atoms with van der Waals surface area (Å²) in [7, 11) is 0. The van der Waals surface area contributed by atoms with Crippen LogP contribution in [0.5, 0.6) is 0 Å². The number of hydrogen-bond acceptors (Lipinski definition) is 2. The Morgan fingerprint density at radius 3 is 2.07 bits per heavy atom. The molecule has 4 fully saturated rings. The Balaban J connectivity index is 1.74. The van der Waals surface area contributed by atoms with Crippen LogP contribution in [0.15, 0.2) is 9.98 Å². The summed E-state index contributed by atoms with van der Waals surface area (Å²) in [5.74, 6) is 3.06. The maximum absolute atomic E-state index is 4.62. The van der Waals surface area contributed by atoms with E-state index in [0.29, 0.717) is 12.1 Å². The predicted octanol–water partition coefficient (Wildman–Crippen LogP) is 2.69. The van der Waals surface area contributed by atoms with Crippen molar-refractivity contribution in [3.8, 4) is 0 Å². The molecule has 80 valence electrons. The average Bonchev–Trinajstić information content (AvgIpc) is 2.67. The van der Waals surface area contributed by atoms with E-state index in [1.165, 1.54) is 44.2 Å². The van der Waals surface area contributed by atoms with Gasteiger partial charge in [0, 0.05) is 11.6 Å². The predicted molar refractivity (Wildman–Crippen MR) is 61.4 cm³/mol. The maximum atomic E-state index is 4.62. The minimum atomic E-state index is 0.481. The van der Waals surface area contributed by atoms with Crippen LogP contribution in [0.4, 0.5) is 0 Å². The topological polar surface area (TPSA) is 24.7 Å². The number of rotatable bonds is 1. The first-order valence-corrected chi connectivity index (χ1v) is 6.39. The van der Waals surface area contributed by atoms with Crippen LogP contribution in [0.2, 0.25) is 0 Å². The molecule has 0 aromatic carbocycles. The van der Waals surface area contributed by atoms with Crippen LogP contribution >= 0.6 is 0 Å². The molecule has 0 amide bonds. The number of aliphatic imine (C=N–C) groups is 2. The molecule has 0 aromatic heterocycles. The molecule has 0 radical (unpaired) electrons. The van der Waals surface area contributed by atoms with E-state index in [-0.39, 0.29) is 0 Å². The summed E-state index contributed by atoms with van der Waals surface area (Å²) in [6.45, 7) is 0.705. The van der Waals surface area contributed by atoms with E-state index in [1.807, 2.05) is 0 Å². The summed E-state index contributed by atoms with van der Waals surface area (Å²) in [5, 5.41) is 0. The smallest absolute Gasteiger partial charge is 0.129 e.